The number of nitrogens with zero attached hydrogens (tertiary/aromatic N) is 1. The van der Waals surface area contributed by atoms with Crippen molar-refractivity contribution in [3.8, 4) is 0 Å². The fraction of sp³-hybridized carbons (Fsp3) is 0.538. The van der Waals surface area contributed by atoms with Gasteiger partial charge in [-0.15, -0.1) is 0 Å². The monoisotopic (exact) mass is 249 g/mol. The Kier molecular flexibility index (Phi) is 4.28. The first kappa shape index (κ1) is 13.0. The molecule has 5 nitrogen and oxygen atoms in total. The minimum Gasteiger partial charge on any atom is -0.374 e. The lowest BCUT2D eigenvalue weighted by molar-refractivity contribution is 0.0287. The molecular weight excluding hydrogens is 230 g/mol. The molecule has 1 fully saturated rings. The van der Waals surface area contributed by atoms with Crippen molar-refractivity contribution in [2.24, 2.45) is 0 Å². The molecule has 2 heterocycles. The zero-order valence-corrected chi connectivity index (χ0v) is 10.8. The van der Waals surface area contributed by atoms with Gasteiger partial charge in [0, 0.05) is 36.6 Å². The van der Waals surface area contributed by atoms with Crippen LogP contribution in [0.15, 0.2) is 12.1 Å². The summed E-state index contributed by atoms with van der Waals surface area (Å²) in [5.41, 5.74) is 2.37. The molecule has 1 aliphatic heterocycles. The highest BCUT2D eigenvalue weighted by Crippen LogP contribution is 2.05. The number of amides is 1. The zero-order chi connectivity index (χ0) is 13.0. The third kappa shape index (κ3) is 3.51. The first-order valence-corrected chi connectivity index (χ1v) is 6.21. The van der Waals surface area contributed by atoms with Gasteiger partial charge in [0.05, 0.1) is 12.7 Å². The summed E-state index contributed by atoms with van der Waals surface area (Å²) >= 11 is 0. The van der Waals surface area contributed by atoms with E-state index in [4.69, 9.17) is 4.74 Å². The second-order valence-electron chi connectivity index (χ2n) is 4.55. The molecule has 1 saturated heterocycles. The number of carbonyl (C=O) groups excluding carboxylic acids is 1. The van der Waals surface area contributed by atoms with E-state index in [9.17, 15) is 4.79 Å². The molecular formula is C13H19N3O2. The van der Waals surface area contributed by atoms with Gasteiger partial charge < -0.3 is 15.4 Å². The van der Waals surface area contributed by atoms with Gasteiger partial charge in [0.15, 0.2) is 0 Å². The predicted octanol–water partition coefficient (Wildman–Crippen LogP) is 0.417. The molecule has 0 aliphatic carbocycles. The van der Waals surface area contributed by atoms with Crippen LogP contribution in [0.3, 0.4) is 0 Å². The second kappa shape index (κ2) is 5.93. The molecule has 98 valence electrons. The molecule has 2 N–H and O–H groups in total. The molecule has 0 saturated carbocycles. The third-order valence-corrected chi connectivity index (χ3v) is 2.84. The van der Waals surface area contributed by atoms with Gasteiger partial charge in [-0.25, -0.2) is 0 Å². The van der Waals surface area contributed by atoms with Gasteiger partial charge in [-0.3, -0.25) is 9.78 Å². The van der Waals surface area contributed by atoms with Gasteiger partial charge in [0.1, 0.15) is 0 Å². The smallest absolute Gasteiger partial charge is 0.251 e. The van der Waals surface area contributed by atoms with Crippen molar-refractivity contribution in [3.63, 3.8) is 0 Å². The van der Waals surface area contributed by atoms with E-state index in [1.165, 1.54) is 0 Å². The highest BCUT2D eigenvalue weighted by molar-refractivity contribution is 5.94. The van der Waals surface area contributed by atoms with Crippen LogP contribution in [0.4, 0.5) is 0 Å². The summed E-state index contributed by atoms with van der Waals surface area (Å²) in [6, 6.07) is 3.59. The van der Waals surface area contributed by atoms with E-state index in [0.29, 0.717) is 18.7 Å². The summed E-state index contributed by atoms with van der Waals surface area (Å²) in [6.07, 6.45) is 0.0618. The van der Waals surface area contributed by atoms with E-state index in [0.717, 1.165) is 24.5 Å². The zero-order valence-electron chi connectivity index (χ0n) is 10.8. The summed E-state index contributed by atoms with van der Waals surface area (Å²) in [4.78, 5) is 16.2. The van der Waals surface area contributed by atoms with Crippen molar-refractivity contribution in [3.05, 3.63) is 29.1 Å². The van der Waals surface area contributed by atoms with Crippen LogP contribution < -0.4 is 10.6 Å². The third-order valence-electron chi connectivity index (χ3n) is 2.84. The maximum absolute atomic E-state index is 12.0. The van der Waals surface area contributed by atoms with Crippen LogP contribution in [0.2, 0.25) is 0 Å². The molecule has 1 atom stereocenters. The lowest BCUT2D eigenvalue weighted by Gasteiger charge is -2.23. The summed E-state index contributed by atoms with van der Waals surface area (Å²) < 4.78 is 5.52. The summed E-state index contributed by atoms with van der Waals surface area (Å²) in [5, 5.41) is 6.12. The first-order valence-electron chi connectivity index (χ1n) is 6.21. The second-order valence-corrected chi connectivity index (χ2v) is 4.55. The highest BCUT2D eigenvalue weighted by Gasteiger charge is 2.15. The fourth-order valence-electron chi connectivity index (χ4n) is 2.02. The fourth-order valence-corrected chi connectivity index (χ4v) is 2.02. The van der Waals surface area contributed by atoms with Crippen molar-refractivity contribution in [1.82, 2.24) is 15.6 Å². The highest BCUT2D eigenvalue weighted by atomic mass is 16.5. The molecule has 18 heavy (non-hydrogen) atoms. The van der Waals surface area contributed by atoms with Crippen LogP contribution in [0.1, 0.15) is 21.7 Å². The van der Waals surface area contributed by atoms with Crippen LogP contribution in [0, 0.1) is 13.8 Å². The topological polar surface area (TPSA) is 63.2 Å². The van der Waals surface area contributed by atoms with Crippen molar-refractivity contribution in [2.75, 3.05) is 26.2 Å². The van der Waals surface area contributed by atoms with Crippen LogP contribution in [0.5, 0.6) is 0 Å². The molecule has 1 amide bonds. The number of nitrogens with one attached hydrogen (secondary N) is 2. The van der Waals surface area contributed by atoms with Crippen LogP contribution >= 0.6 is 0 Å². The minimum absolute atomic E-state index is 0.0618. The Labute approximate surface area is 107 Å². The van der Waals surface area contributed by atoms with Gasteiger partial charge in [-0.2, -0.15) is 0 Å². The lowest BCUT2D eigenvalue weighted by atomic mass is 10.2. The minimum atomic E-state index is -0.0715. The van der Waals surface area contributed by atoms with E-state index in [1.807, 2.05) is 13.8 Å². The Bertz CT molecular complexity index is 408. The Morgan fingerprint density at radius 1 is 1.50 bits per heavy atom. The quantitative estimate of drug-likeness (QED) is 0.815. The molecule has 0 spiro atoms. The number of carbonyl (C=O) groups is 1. The maximum Gasteiger partial charge on any atom is 0.251 e. The summed E-state index contributed by atoms with van der Waals surface area (Å²) in [5.74, 6) is -0.0715. The Morgan fingerprint density at radius 3 is 2.83 bits per heavy atom. The van der Waals surface area contributed by atoms with Gasteiger partial charge in [-0.1, -0.05) is 0 Å². The summed E-state index contributed by atoms with van der Waals surface area (Å²) in [7, 11) is 0. The number of hydrogen-bond acceptors (Lipinski definition) is 4. The number of ether oxygens (including phenoxy) is 1. The molecule has 1 aliphatic rings. The molecule has 2 rings (SSSR count). The summed E-state index contributed by atoms with van der Waals surface area (Å²) in [6.45, 7) is 6.68. The van der Waals surface area contributed by atoms with Crippen LogP contribution in [-0.4, -0.2) is 43.2 Å². The van der Waals surface area contributed by atoms with Gasteiger partial charge in [0.2, 0.25) is 0 Å². The number of aryl methyl sites for hydroxylation is 2. The van der Waals surface area contributed by atoms with Crippen molar-refractivity contribution in [2.45, 2.75) is 20.0 Å². The molecule has 0 bridgehead atoms. The van der Waals surface area contributed by atoms with Crippen molar-refractivity contribution >= 4 is 5.91 Å². The number of morpholine rings is 1. The Morgan fingerprint density at radius 2 is 2.22 bits per heavy atom. The predicted molar refractivity (Wildman–Crippen MR) is 68.7 cm³/mol. The molecule has 1 aromatic rings. The molecule has 1 aromatic heterocycles. The van der Waals surface area contributed by atoms with E-state index in [-0.39, 0.29) is 12.0 Å². The Hall–Kier alpha value is -1.46. The van der Waals surface area contributed by atoms with Gasteiger partial charge in [0.25, 0.3) is 5.91 Å². The SMILES string of the molecule is Cc1cc(C(=O)NC[C@H]2CNCCO2)cc(C)n1. The molecule has 0 aromatic carbocycles. The number of aromatic nitrogens is 1. The van der Waals surface area contributed by atoms with Crippen molar-refractivity contribution in [1.29, 1.82) is 0 Å². The van der Waals surface area contributed by atoms with Gasteiger partial charge >= 0.3 is 0 Å². The average Bonchev–Trinajstić information content (AvgIpc) is 2.36. The average molecular weight is 249 g/mol. The Balaban J connectivity index is 1.90. The molecule has 5 heteroatoms. The normalized spacial score (nSPS) is 19.6. The maximum atomic E-state index is 12.0. The molecule has 0 unspecified atom stereocenters. The number of hydrogen-bond donors (Lipinski definition) is 2. The largest absolute Gasteiger partial charge is 0.374 e. The van der Waals surface area contributed by atoms with Crippen molar-refractivity contribution < 1.29 is 9.53 Å². The van der Waals surface area contributed by atoms with Crippen LogP contribution in [-0.2, 0) is 4.74 Å². The first-order chi connectivity index (χ1) is 8.65. The van der Waals surface area contributed by atoms with Crippen LogP contribution in [0.25, 0.3) is 0 Å². The van der Waals surface area contributed by atoms with E-state index >= 15 is 0 Å². The van der Waals surface area contributed by atoms with E-state index < -0.39 is 0 Å². The number of rotatable bonds is 3. The van der Waals surface area contributed by atoms with E-state index in [2.05, 4.69) is 15.6 Å². The lowest BCUT2D eigenvalue weighted by Crippen LogP contribution is -2.45. The standard InChI is InChI=1S/C13H19N3O2/c1-9-5-11(6-10(2)16-9)13(17)15-8-12-7-14-3-4-18-12/h5-6,12,14H,3-4,7-8H2,1-2H3,(H,15,17)/t12-/m1/s1. The molecule has 0 radical (unpaired) electrons. The number of pyridine rings is 1. The van der Waals surface area contributed by atoms with E-state index in [1.54, 1.807) is 12.1 Å². The van der Waals surface area contributed by atoms with Gasteiger partial charge in [-0.05, 0) is 26.0 Å².